The molecule has 102 valence electrons. The molecule has 2 heterocycles. The Labute approximate surface area is 123 Å². The highest BCUT2D eigenvalue weighted by atomic mass is 32.1. The predicted molar refractivity (Wildman–Crippen MR) is 83.0 cm³/mol. The van der Waals surface area contributed by atoms with Gasteiger partial charge in [0.1, 0.15) is 4.88 Å². The van der Waals surface area contributed by atoms with E-state index in [1.165, 1.54) is 11.3 Å². The molecule has 3 aromatic rings. The highest BCUT2D eigenvalue weighted by molar-refractivity contribution is 7.18. The van der Waals surface area contributed by atoms with Crippen LogP contribution in [0.3, 0.4) is 0 Å². The molecule has 0 radical (unpaired) electrons. The van der Waals surface area contributed by atoms with E-state index in [9.17, 15) is 4.79 Å². The zero-order valence-corrected chi connectivity index (χ0v) is 12.3. The number of hydrogen-bond acceptors (Lipinski definition) is 5. The van der Waals surface area contributed by atoms with Crippen LogP contribution in [0, 0.1) is 6.92 Å². The lowest BCUT2D eigenvalue weighted by molar-refractivity contribution is 0.0702. The number of fused-ring (bicyclic) bond motifs is 1. The third-order valence-corrected chi connectivity index (χ3v) is 4.84. The van der Waals surface area contributed by atoms with Gasteiger partial charge in [0.2, 0.25) is 0 Å². The summed E-state index contributed by atoms with van der Waals surface area (Å²) in [4.78, 5) is 16.6. The van der Waals surface area contributed by atoms with Gasteiger partial charge in [0.15, 0.2) is 0 Å². The maximum absolute atomic E-state index is 10.8. The van der Waals surface area contributed by atoms with Crippen LogP contribution in [-0.4, -0.2) is 16.1 Å². The second-order valence-corrected chi connectivity index (χ2v) is 6.74. The number of anilines is 1. The minimum atomic E-state index is -0.872. The van der Waals surface area contributed by atoms with Crippen molar-refractivity contribution in [1.82, 2.24) is 4.98 Å². The number of thiophene rings is 1. The molecule has 0 saturated carbocycles. The van der Waals surface area contributed by atoms with Gasteiger partial charge in [-0.25, -0.2) is 9.78 Å². The molecule has 0 fully saturated rings. The molecule has 2 N–H and O–H groups in total. The molecule has 0 aliphatic heterocycles. The van der Waals surface area contributed by atoms with Gasteiger partial charge in [0.25, 0.3) is 0 Å². The summed E-state index contributed by atoms with van der Waals surface area (Å²) in [6, 6.07) is 9.55. The van der Waals surface area contributed by atoms with Crippen molar-refractivity contribution in [2.45, 2.75) is 13.5 Å². The molecule has 0 aliphatic carbocycles. The van der Waals surface area contributed by atoms with E-state index < -0.39 is 5.97 Å². The Morgan fingerprint density at radius 2 is 2.15 bits per heavy atom. The monoisotopic (exact) mass is 304 g/mol. The van der Waals surface area contributed by atoms with Crippen molar-refractivity contribution in [2.24, 2.45) is 0 Å². The molecule has 2 aromatic heterocycles. The minimum Gasteiger partial charge on any atom is -0.477 e. The molecule has 0 amide bonds. The summed E-state index contributed by atoms with van der Waals surface area (Å²) >= 11 is 2.97. The number of rotatable bonds is 4. The summed E-state index contributed by atoms with van der Waals surface area (Å²) in [6.07, 6.45) is 0. The van der Waals surface area contributed by atoms with Crippen LogP contribution in [0.25, 0.3) is 10.2 Å². The predicted octanol–water partition coefficient (Wildman–Crippen LogP) is 3.98. The van der Waals surface area contributed by atoms with Crippen LogP contribution in [0.15, 0.2) is 30.3 Å². The second-order valence-electron chi connectivity index (χ2n) is 4.34. The van der Waals surface area contributed by atoms with E-state index in [2.05, 4.69) is 16.4 Å². The average molecular weight is 304 g/mol. The number of benzene rings is 1. The molecular formula is C14H12N2O2S2. The highest BCUT2D eigenvalue weighted by Crippen LogP contribution is 2.25. The lowest BCUT2D eigenvalue weighted by atomic mass is 10.3. The first-order chi connectivity index (χ1) is 9.61. The van der Waals surface area contributed by atoms with E-state index >= 15 is 0 Å². The molecule has 1 aromatic carbocycles. The molecular weight excluding hydrogens is 292 g/mol. The molecule has 0 aliphatic rings. The quantitative estimate of drug-likeness (QED) is 0.765. The van der Waals surface area contributed by atoms with E-state index in [-0.39, 0.29) is 0 Å². The van der Waals surface area contributed by atoms with Crippen LogP contribution in [0.4, 0.5) is 5.69 Å². The molecule has 4 nitrogen and oxygen atoms in total. The Hall–Kier alpha value is -1.92. The summed E-state index contributed by atoms with van der Waals surface area (Å²) < 4.78 is 1.16. The van der Waals surface area contributed by atoms with Crippen LogP contribution in [0.1, 0.15) is 19.6 Å². The first kappa shape index (κ1) is 13.1. The van der Waals surface area contributed by atoms with E-state index in [4.69, 9.17) is 5.11 Å². The van der Waals surface area contributed by atoms with Crippen molar-refractivity contribution in [3.63, 3.8) is 0 Å². The Morgan fingerprint density at radius 3 is 2.90 bits per heavy atom. The SMILES string of the molecule is Cc1nc2ccc(NCc3ccc(C(=O)O)s3)cc2s1. The van der Waals surface area contributed by atoms with Crippen molar-refractivity contribution in [1.29, 1.82) is 0 Å². The summed E-state index contributed by atoms with van der Waals surface area (Å²) in [7, 11) is 0. The van der Waals surface area contributed by atoms with Crippen molar-refractivity contribution in [3.8, 4) is 0 Å². The topological polar surface area (TPSA) is 62.2 Å². The summed E-state index contributed by atoms with van der Waals surface area (Å²) in [6.45, 7) is 2.62. The molecule has 20 heavy (non-hydrogen) atoms. The van der Waals surface area contributed by atoms with Crippen LogP contribution < -0.4 is 5.32 Å². The Kier molecular flexibility index (Phi) is 3.42. The second kappa shape index (κ2) is 5.22. The average Bonchev–Trinajstić information content (AvgIpc) is 3.00. The third kappa shape index (κ3) is 2.66. The maximum Gasteiger partial charge on any atom is 0.345 e. The maximum atomic E-state index is 10.8. The van der Waals surface area contributed by atoms with E-state index in [0.717, 1.165) is 25.8 Å². The Bertz CT molecular complexity index is 776. The number of nitrogens with one attached hydrogen (secondary N) is 1. The minimum absolute atomic E-state index is 0.371. The highest BCUT2D eigenvalue weighted by Gasteiger charge is 2.07. The van der Waals surface area contributed by atoms with Gasteiger partial charge in [-0.3, -0.25) is 0 Å². The molecule has 0 atom stereocenters. The zero-order valence-electron chi connectivity index (χ0n) is 10.7. The van der Waals surface area contributed by atoms with Crippen molar-refractivity contribution in [2.75, 3.05) is 5.32 Å². The fraction of sp³-hybridized carbons (Fsp3) is 0.143. The van der Waals surface area contributed by atoms with Crippen LogP contribution in [0.2, 0.25) is 0 Å². The Morgan fingerprint density at radius 1 is 1.30 bits per heavy atom. The van der Waals surface area contributed by atoms with E-state index in [1.807, 2.05) is 25.1 Å². The summed E-state index contributed by atoms with van der Waals surface area (Å²) in [5.41, 5.74) is 2.04. The zero-order chi connectivity index (χ0) is 14.1. The number of aromatic carboxylic acids is 1. The number of aryl methyl sites for hydroxylation is 1. The van der Waals surface area contributed by atoms with Crippen molar-refractivity contribution in [3.05, 3.63) is 45.1 Å². The first-order valence-corrected chi connectivity index (χ1v) is 7.68. The van der Waals surface area contributed by atoms with Gasteiger partial charge in [-0.2, -0.15) is 0 Å². The molecule has 0 saturated heterocycles. The van der Waals surface area contributed by atoms with Gasteiger partial charge >= 0.3 is 5.97 Å². The number of nitrogens with zero attached hydrogens (tertiary/aromatic N) is 1. The summed E-state index contributed by atoms with van der Waals surface area (Å²) in [5.74, 6) is -0.872. The van der Waals surface area contributed by atoms with Gasteiger partial charge in [-0.1, -0.05) is 0 Å². The van der Waals surface area contributed by atoms with Crippen molar-refractivity contribution >= 4 is 44.5 Å². The number of carbonyl (C=O) groups is 1. The van der Waals surface area contributed by atoms with Crippen LogP contribution in [-0.2, 0) is 6.54 Å². The molecule has 6 heteroatoms. The van der Waals surface area contributed by atoms with Crippen LogP contribution in [0.5, 0.6) is 0 Å². The lowest BCUT2D eigenvalue weighted by Crippen LogP contribution is -1.96. The number of hydrogen-bond donors (Lipinski definition) is 2. The number of thiazole rings is 1. The number of aromatic nitrogens is 1. The molecule has 0 unspecified atom stereocenters. The molecule has 3 rings (SSSR count). The van der Waals surface area contributed by atoms with Gasteiger partial charge in [-0.05, 0) is 37.3 Å². The molecule has 0 bridgehead atoms. The normalized spacial score (nSPS) is 10.8. The van der Waals surface area contributed by atoms with Gasteiger partial charge in [-0.15, -0.1) is 22.7 Å². The number of carboxylic acid groups (broad SMARTS) is 1. The Balaban J connectivity index is 1.73. The summed E-state index contributed by atoms with van der Waals surface area (Å²) in [5, 5.41) is 13.3. The van der Waals surface area contributed by atoms with Gasteiger partial charge in [0, 0.05) is 17.1 Å². The third-order valence-electron chi connectivity index (χ3n) is 2.83. The lowest BCUT2D eigenvalue weighted by Gasteiger charge is -2.04. The van der Waals surface area contributed by atoms with Crippen LogP contribution >= 0.6 is 22.7 Å². The molecule has 0 spiro atoms. The first-order valence-electron chi connectivity index (χ1n) is 6.05. The van der Waals surface area contributed by atoms with Gasteiger partial charge < -0.3 is 10.4 Å². The smallest absolute Gasteiger partial charge is 0.345 e. The fourth-order valence-corrected chi connectivity index (χ4v) is 3.58. The fourth-order valence-electron chi connectivity index (χ4n) is 1.93. The largest absolute Gasteiger partial charge is 0.477 e. The number of carboxylic acids is 1. The van der Waals surface area contributed by atoms with Gasteiger partial charge in [0.05, 0.1) is 15.2 Å². The standard InChI is InChI=1S/C14H12N2O2S2/c1-8-16-11-4-2-9(6-13(11)19-8)15-7-10-3-5-12(20-10)14(17)18/h2-6,15H,7H2,1H3,(H,17,18). The van der Waals surface area contributed by atoms with E-state index in [1.54, 1.807) is 17.4 Å². The van der Waals surface area contributed by atoms with Crippen molar-refractivity contribution < 1.29 is 9.90 Å². The van der Waals surface area contributed by atoms with E-state index in [0.29, 0.717) is 11.4 Å².